The second kappa shape index (κ2) is 9.37. The van der Waals surface area contributed by atoms with Gasteiger partial charge >= 0.3 is 6.18 Å². The number of benzene rings is 1. The molecule has 0 bridgehead atoms. The second-order valence-corrected chi connectivity index (χ2v) is 9.20. The molecular weight excluding hydrogens is 489 g/mol. The number of primary amides is 1. The first kappa shape index (κ1) is 25.9. The zero-order chi connectivity index (χ0) is 27.2. The molecule has 1 fully saturated rings. The highest BCUT2D eigenvalue weighted by molar-refractivity contribution is 6.04. The monoisotopic (exact) mass is 516 g/mol. The van der Waals surface area contributed by atoms with Gasteiger partial charge in [-0.2, -0.15) is 13.2 Å². The fourth-order valence-electron chi connectivity index (χ4n) is 4.20. The number of nitrogen functional groups attached to an aromatic ring is 1. The average Bonchev–Trinajstić information content (AvgIpc) is 2.75. The summed E-state index contributed by atoms with van der Waals surface area (Å²) in [6, 6.07) is 3.70. The summed E-state index contributed by atoms with van der Waals surface area (Å²) in [5, 5.41) is 3.51. The number of carbonyl (C=O) groups is 2. The number of hydrogen-bond donors (Lipinski definition) is 3. The number of anilines is 3. The highest BCUT2D eigenvalue weighted by Crippen LogP contribution is 2.35. The zero-order valence-corrected chi connectivity index (χ0v) is 20.7. The Balaban J connectivity index is 1.81. The van der Waals surface area contributed by atoms with E-state index in [-0.39, 0.29) is 34.4 Å². The van der Waals surface area contributed by atoms with E-state index in [4.69, 9.17) is 11.5 Å². The van der Waals surface area contributed by atoms with Gasteiger partial charge in [0.1, 0.15) is 23.5 Å². The highest BCUT2D eigenvalue weighted by Gasteiger charge is 2.37. The number of nitrogens with one attached hydrogen (secondary N) is 1. The summed E-state index contributed by atoms with van der Waals surface area (Å²) in [6.45, 7) is 3.81. The van der Waals surface area contributed by atoms with Gasteiger partial charge in [0.2, 0.25) is 5.91 Å². The van der Waals surface area contributed by atoms with Crippen molar-refractivity contribution in [2.24, 2.45) is 5.73 Å². The number of fused-ring (bicyclic) bond motifs is 1. The van der Waals surface area contributed by atoms with Crippen molar-refractivity contribution in [1.29, 1.82) is 0 Å². The lowest BCUT2D eigenvalue weighted by Gasteiger charge is -2.40. The Morgan fingerprint density at radius 1 is 1.16 bits per heavy atom. The van der Waals surface area contributed by atoms with E-state index in [1.165, 1.54) is 11.0 Å². The van der Waals surface area contributed by atoms with Gasteiger partial charge < -0.3 is 26.6 Å². The third-order valence-corrected chi connectivity index (χ3v) is 6.19. The number of halogens is 3. The van der Waals surface area contributed by atoms with Gasteiger partial charge in [-0.05, 0) is 50.1 Å². The number of nitrogens with two attached hydrogens (primary N) is 2. The quantitative estimate of drug-likeness (QED) is 0.425. The minimum absolute atomic E-state index is 0.0223. The molecule has 1 aliphatic heterocycles. The number of aryl methyl sites for hydroxylation is 1. The molecule has 13 heteroatoms. The van der Waals surface area contributed by atoms with E-state index < -0.39 is 29.7 Å². The highest BCUT2D eigenvalue weighted by atomic mass is 19.4. The molecule has 1 saturated heterocycles. The first-order valence-electron chi connectivity index (χ1n) is 11.5. The number of nitrogens with zero attached hydrogens (tertiary/aromatic N) is 5. The molecule has 37 heavy (non-hydrogen) atoms. The molecule has 196 valence electrons. The molecule has 0 radical (unpaired) electrons. The Kier molecular flexibility index (Phi) is 6.57. The van der Waals surface area contributed by atoms with E-state index in [9.17, 15) is 22.8 Å². The van der Waals surface area contributed by atoms with Crippen molar-refractivity contribution in [3.05, 3.63) is 46.8 Å². The predicted octanol–water partition coefficient (Wildman–Crippen LogP) is 2.87. The maximum atomic E-state index is 13.3. The van der Waals surface area contributed by atoms with Gasteiger partial charge in [-0.25, -0.2) is 15.0 Å². The second-order valence-electron chi connectivity index (χ2n) is 9.20. The molecule has 3 aromatic rings. The lowest BCUT2D eigenvalue weighted by Crippen LogP contribution is -2.56. The number of alkyl halides is 3. The molecule has 2 atom stereocenters. The van der Waals surface area contributed by atoms with Crippen LogP contribution in [-0.4, -0.2) is 58.3 Å². The maximum Gasteiger partial charge on any atom is 0.416 e. The molecule has 1 aromatic carbocycles. The van der Waals surface area contributed by atoms with Crippen molar-refractivity contribution in [2.45, 2.75) is 38.5 Å². The van der Waals surface area contributed by atoms with Gasteiger partial charge in [0.25, 0.3) is 5.91 Å². The Labute approximate surface area is 210 Å². The molecule has 2 amide bonds. The molecule has 0 spiro atoms. The van der Waals surface area contributed by atoms with Crippen LogP contribution in [0.5, 0.6) is 0 Å². The molecule has 1 aliphatic rings. The van der Waals surface area contributed by atoms with Crippen molar-refractivity contribution >= 4 is 40.2 Å². The molecule has 4 rings (SSSR count). The Hall–Kier alpha value is -4.16. The summed E-state index contributed by atoms with van der Waals surface area (Å²) >= 11 is 0. The van der Waals surface area contributed by atoms with E-state index in [0.717, 1.165) is 12.1 Å². The van der Waals surface area contributed by atoms with E-state index in [1.807, 2.05) is 0 Å². The number of amides is 2. The molecular formula is C24H27F3N8O2. The van der Waals surface area contributed by atoms with Crippen molar-refractivity contribution in [3.8, 4) is 0 Å². The molecule has 3 heterocycles. The van der Waals surface area contributed by atoms with Crippen LogP contribution in [-0.2, 0) is 11.0 Å². The average molecular weight is 517 g/mol. The topological polar surface area (TPSA) is 143 Å². The fraction of sp³-hybridized carbons (Fsp3) is 0.375. The summed E-state index contributed by atoms with van der Waals surface area (Å²) in [4.78, 5) is 41.4. The van der Waals surface area contributed by atoms with Crippen LogP contribution in [0.2, 0.25) is 0 Å². The van der Waals surface area contributed by atoms with Gasteiger partial charge in [0.15, 0.2) is 5.65 Å². The molecule has 0 saturated carbocycles. The number of carbonyl (C=O) groups excluding carboxylic acids is 2. The predicted molar refractivity (Wildman–Crippen MR) is 133 cm³/mol. The number of pyridine rings is 1. The van der Waals surface area contributed by atoms with Crippen LogP contribution >= 0.6 is 0 Å². The van der Waals surface area contributed by atoms with Crippen LogP contribution in [0, 0.1) is 6.92 Å². The molecule has 10 nitrogen and oxygen atoms in total. The van der Waals surface area contributed by atoms with Gasteiger partial charge in [-0.1, -0.05) is 0 Å². The van der Waals surface area contributed by atoms with Crippen molar-refractivity contribution in [3.63, 3.8) is 0 Å². The van der Waals surface area contributed by atoms with Crippen molar-refractivity contribution in [2.75, 3.05) is 36.6 Å². The van der Waals surface area contributed by atoms with E-state index >= 15 is 0 Å². The third-order valence-electron chi connectivity index (χ3n) is 6.19. The van der Waals surface area contributed by atoms with Gasteiger partial charge in [0.05, 0.1) is 22.6 Å². The molecule has 0 unspecified atom stereocenters. The lowest BCUT2D eigenvalue weighted by molar-refractivity contribution is -0.137. The molecule has 0 aliphatic carbocycles. The van der Waals surface area contributed by atoms with Crippen LogP contribution in [0.3, 0.4) is 0 Å². The minimum Gasteiger partial charge on any atom is -0.399 e. The van der Waals surface area contributed by atoms with Crippen LogP contribution in [0.15, 0.2) is 24.3 Å². The number of aromatic nitrogens is 3. The fourth-order valence-corrected chi connectivity index (χ4v) is 4.20. The normalized spacial score (nSPS) is 16.3. The number of rotatable bonds is 6. The third kappa shape index (κ3) is 5.06. The van der Waals surface area contributed by atoms with E-state index in [0.29, 0.717) is 29.7 Å². The summed E-state index contributed by atoms with van der Waals surface area (Å²) < 4.78 is 40.0. The summed E-state index contributed by atoms with van der Waals surface area (Å²) in [5.74, 6) is 0.0411. The van der Waals surface area contributed by atoms with E-state index in [2.05, 4.69) is 20.3 Å². The van der Waals surface area contributed by atoms with Gasteiger partial charge in [-0.15, -0.1) is 0 Å². The van der Waals surface area contributed by atoms with Crippen LogP contribution in [0.25, 0.3) is 11.0 Å². The van der Waals surface area contributed by atoms with Crippen LogP contribution < -0.4 is 21.7 Å². The summed E-state index contributed by atoms with van der Waals surface area (Å²) in [6.07, 6.45) is -4.01. The van der Waals surface area contributed by atoms with Crippen molar-refractivity contribution < 1.29 is 22.8 Å². The Morgan fingerprint density at radius 2 is 1.86 bits per heavy atom. The zero-order valence-electron chi connectivity index (χ0n) is 20.7. The Morgan fingerprint density at radius 3 is 2.43 bits per heavy atom. The van der Waals surface area contributed by atoms with E-state index in [1.54, 1.807) is 38.9 Å². The SMILES string of the molecule is Cc1nc(N[C@H](C)c2cc(N)cc(C(F)(F)F)c2)c2cc(C(=O)N(C)C)c(N3CC[C@@H]3C(N)=O)nc2n1. The smallest absolute Gasteiger partial charge is 0.399 e. The first-order valence-corrected chi connectivity index (χ1v) is 11.5. The molecule has 5 N–H and O–H groups in total. The van der Waals surface area contributed by atoms with Crippen LogP contribution in [0.4, 0.5) is 30.5 Å². The first-order chi connectivity index (χ1) is 17.3. The van der Waals surface area contributed by atoms with Gasteiger partial charge in [0, 0.05) is 26.3 Å². The largest absolute Gasteiger partial charge is 0.416 e. The maximum absolute atomic E-state index is 13.3. The van der Waals surface area contributed by atoms with Crippen LogP contribution in [0.1, 0.15) is 46.7 Å². The summed E-state index contributed by atoms with van der Waals surface area (Å²) in [5.41, 5.74) is 11.1. The summed E-state index contributed by atoms with van der Waals surface area (Å²) in [7, 11) is 3.17. The minimum atomic E-state index is -4.55. The lowest BCUT2D eigenvalue weighted by atomic mass is 10.0. The van der Waals surface area contributed by atoms with Crippen molar-refractivity contribution in [1.82, 2.24) is 19.9 Å². The Bertz CT molecular complexity index is 1390. The number of hydrogen-bond acceptors (Lipinski definition) is 8. The standard InChI is InChI=1S/C24H27F3N8O2/c1-11(13-7-14(24(25,26)27)9-15(28)8-13)30-20-16-10-17(23(37)34(3)4)22(33-21(16)32-12(2)31-20)35-6-5-18(35)19(29)36/h7-11,18H,5-6,28H2,1-4H3,(H2,29,36)(H,30,31,32,33)/t11-,18-/m1/s1. The molecule has 2 aromatic heterocycles. The van der Waals surface area contributed by atoms with Gasteiger partial charge in [-0.3, -0.25) is 9.59 Å².